The van der Waals surface area contributed by atoms with Crippen LogP contribution in [0.5, 0.6) is 0 Å². The Morgan fingerprint density at radius 2 is 1.83 bits per heavy atom. The van der Waals surface area contributed by atoms with Crippen molar-refractivity contribution < 1.29 is 9.47 Å². The normalized spacial score (nSPS) is 13.0. The molecule has 102 valence electrons. The van der Waals surface area contributed by atoms with Gasteiger partial charge in [0.2, 0.25) is 0 Å². The van der Waals surface area contributed by atoms with Crippen LogP contribution < -0.4 is 5.32 Å². The molecule has 0 aliphatic carbocycles. The molecule has 0 bridgehead atoms. The van der Waals surface area contributed by atoms with E-state index in [-0.39, 0.29) is 12.3 Å². The first-order valence-corrected chi connectivity index (χ1v) is 6.68. The van der Waals surface area contributed by atoms with Gasteiger partial charge in [0.1, 0.15) is 0 Å². The van der Waals surface area contributed by atoms with E-state index in [1.165, 1.54) is 0 Å². The highest BCUT2D eigenvalue weighted by molar-refractivity contribution is 6.31. The Kier molecular flexibility index (Phi) is 6.65. The van der Waals surface area contributed by atoms with Gasteiger partial charge in [-0.25, -0.2) is 0 Å². The Morgan fingerprint density at radius 1 is 1.22 bits per heavy atom. The second-order valence-electron chi connectivity index (χ2n) is 4.05. The fourth-order valence-electron chi connectivity index (χ4n) is 1.83. The first kappa shape index (κ1) is 15.4. The van der Waals surface area contributed by atoms with Crippen LogP contribution in [-0.2, 0) is 9.47 Å². The number of rotatable bonds is 7. The zero-order chi connectivity index (χ0) is 13.5. The summed E-state index contributed by atoms with van der Waals surface area (Å²) in [6.45, 7) is 7.13. The van der Waals surface area contributed by atoms with E-state index < -0.39 is 0 Å². The highest BCUT2D eigenvalue weighted by Crippen LogP contribution is 2.25. The van der Waals surface area contributed by atoms with Crippen molar-refractivity contribution in [2.24, 2.45) is 0 Å². The highest BCUT2D eigenvalue weighted by atomic mass is 35.5. The quantitative estimate of drug-likeness (QED) is 0.772. The van der Waals surface area contributed by atoms with Crippen molar-refractivity contribution in [3.05, 3.63) is 34.3 Å². The van der Waals surface area contributed by atoms with E-state index in [2.05, 4.69) is 5.32 Å². The summed E-state index contributed by atoms with van der Waals surface area (Å²) >= 11 is 6.16. The average Bonchev–Trinajstić information content (AvgIpc) is 2.35. The smallest absolute Gasteiger partial charge is 0.176 e. The van der Waals surface area contributed by atoms with Gasteiger partial charge in [-0.3, -0.25) is 0 Å². The summed E-state index contributed by atoms with van der Waals surface area (Å²) in [5.74, 6) is 0. The van der Waals surface area contributed by atoms with E-state index in [0.29, 0.717) is 13.2 Å². The van der Waals surface area contributed by atoms with Gasteiger partial charge in [0.25, 0.3) is 0 Å². The Morgan fingerprint density at radius 3 is 2.28 bits per heavy atom. The van der Waals surface area contributed by atoms with Gasteiger partial charge in [-0.15, -0.1) is 0 Å². The van der Waals surface area contributed by atoms with Crippen LogP contribution in [0.25, 0.3) is 0 Å². The molecule has 0 saturated carbocycles. The molecule has 0 aromatic heterocycles. The number of ether oxygens (including phenoxy) is 2. The van der Waals surface area contributed by atoms with E-state index in [0.717, 1.165) is 16.1 Å². The molecule has 0 heterocycles. The largest absolute Gasteiger partial charge is 0.351 e. The number of halogens is 1. The molecule has 1 aromatic carbocycles. The van der Waals surface area contributed by atoms with Crippen molar-refractivity contribution in [2.75, 3.05) is 20.3 Å². The first-order chi connectivity index (χ1) is 8.63. The van der Waals surface area contributed by atoms with Gasteiger partial charge in [0, 0.05) is 18.2 Å². The Balaban J connectivity index is 2.94. The fraction of sp³-hybridized carbons (Fsp3) is 0.571. The summed E-state index contributed by atoms with van der Waals surface area (Å²) in [6.07, 6.45) is -0.302. The molecule has 0 saturated heterocycles. The third kappa shape index (κ3) is 3.95. The minimum Gasteiger partial charge on any atom is -0.351 e. The maximum Gasteiger partial charge on any atom is 0.176 e. The number of hydrogen-bond donors (Lipinski definition) is 1. The number of hydrogen-bond acceptors (Lipinski definition) is 3. The molecule has 0 aliphatic heterocycles. The number of benzene rings is 1. The lowest BCUT2D eigenvalue weighted by Crippen LogP contribution is -2.34. The van der Waals surface area contributed by atoms with Crippen molar-refractivity contribution in [1.82, 2.24) is 5.32 Å². The average molecular weight is 272 g/mol. The molecule has 1 unspecified atom stereocenters. The first-order valence-electron chi connectivity index (χ1n) is 6.30. The zero-order valence-electron chi connectivity index (χ0n) is 11.5. The molecule has 1 atom stereocenters. The Bertz CT molecular complexity index is 365. The predicted molar refractivity (Wildman–Crippen MR) is 75.0 cm³/mol. The number of likely N-dealkylation sites (N-methyl/N-ethyl adjacent to an activating group) is 1. The minimum absolute atomic E-state index is 0.0250. The lowest BCUT2D eigenvalue weighted by atomic mass is 10.0. The van der Waals surface area contributed by atoms with Crippen LogP contribution in [0.3, 0.4) is 0 Å². The second-order valence-corrected chi connectivity index (χ2v) is 4.46. The molecule has 0 radical (unpaired) electrons. The molecular formula is C14H22ClNO2. The van der Waals surface area contributed by atoms with E-state index >= 15 is 0 Å². The summed E-state index contributed by atoms with van der Waals surface area (Å²) in [7, 11) is 1.89. The van der Waals surface area contributed by atoms with E-state index in [9.17, 15) is 0 Å². The van der Waals surface area contributed by atoms with Gasteiger partial charge in [0.15, 0.2) is 6.29 Å². The van der Waals surface area contributed by atoms with Crippen LogP contribution in [-0.4, -0.2) is 26.6 Å². The third-order valence-electron chi connectivity index (χ3n) is 2.80. The summed E-state index contributed by atoms with van der Waals surface area (Å²) in [5.41, 5.74) is 2.14. The van der Waals surface area contributed by atoms with Gasteiger partial charge in [-0.1, -0.05) is 23.7 Å². The zero-order valence-corrected chi connectivity index (χ0v) is 12.3. The lowest BCUT2D eigenvalue weighted by molar-refractivity contribution is -0.154. The summed E-state index contributed by atoms with van der Waals surface area (Å²) in [6, 6.07) is 6.00. The molecule has 0 spiro atoms. The standard InChI is InChI=1S/C14H22ClNO2/c1-5-17-14(18-6-2)13(16-4)11-8-7-10(3)12(15)9-11/h7-9,13-14,16H,5-6H2,1-4H3. The third-order valence-corrected chi connectivity index (χ3v) is 3.21. The molecule has 18 heavy (non-hydrogen) atoms. The van der Waals surface area contributed by atoms with Crippen LogP contribution in [0.2, 0.25) is 5.02 Å². The topological polar surface area (TPSA) is 30.5 Å². The maximum absolute atomic E-state index is 6.16. The van der Waals surface area contributed by atoms with Crippen molar-refractivity contribution in [3.8, 4) is 0 Å². The van der Waals surface area contributed by atoms with Crippen molar-refractivity contribution in [3.63, 3.8) is 0 Å². The number of nitrogens with one attached hydrogen (secondary N) is 1. The molecule has 1 aromatic rings. The SMILES string of the molecule is CCOC(OCC)C(NC)c1ccc(C)c(Cl)c1. The minimum atomic E-state index is -0.302. The van der Waals surface area contributed by atoms with Crippen LogP contribution in [0.1, 0.15) is 31.0 Å². The molecule has 0 aliphatic rings. The van der Waals surface area contributed by atoms with Crippen molar-refractivity contribution in [1.29, 1.82) is 0 Å². The monoisotopic (exact) mass is 271 g/mol. The highest BCUT2D eigenvalue weighted by Gasteiger charge is 2.22. The fourth-order valence-corrected chi connectivity index (χ4v) is 2.02. The molecular weight excluding hydrogens is 250 g/mol. The van der Waals surface area contributed by atoms with Gasteiger partial charge in [-0.05, 0) is 45.0 Å². The van der Waals surface area contributed by atoms with Gasteiger partial charge < -0.3 is 14.8 Å². The maximum atomic E-state index is 6.16. The molecule has 1 rings (SSSR count). The summed E-state index contributed by atoms with van der Waals surface area (Å²) in [5, 5.41) is 3.99. The molecule has 0 amide bonds. The Hall–Kier alpha value is -0.610. The molecule has 1 N–H and O–H groups in total. The van der Waals surface area contributed by atoms with Crippen LogP contribution >= 0.6 is 11.6 Å². The van der Waals surface area contributed by atoms with Crippen LogP contribution in [0, 0.1) is 6.92 Å². The summed E-state index contributed by atoms with van der Waals surface area (Å²) < 4.78 is 11.3. The van der Waals surface area contributed by atoms with Gasteiger partial charge in [0.05, 0.1) is 6.04 Å². The second kappa shape index (κ2) is 7.74. The van der Waals surface area contributed by atoms with Crippen LogP contribution in [0.15, 0.2) is 18.2 Å². The van der Waals surface area contributed by atoms with Crippen molar-refractivity contribution in [2.45, 2.75) is 33.1 Å². The molecule has 3 nitrogen and oxygen atoms in total. The van der Waals surface area contributed by atoms with E-state index in [1.54, 1.807) is 0 Å². The Labute approximate surface area is 114 Å². The van der Waals surface area contributed by atoms with Crippen molar-refractivity contribution >= 4 is 11.6 Å². The summed E-state index contributed by atoms with van der Waals surface area (Å²) in [4.78, 5) is 0. The number of aryl methyl sites for hydroxylation is 1. The van der Waals surface area contributed by atoms with E-state index in [1.807, 2.05) is 46.0 Å². The van der Waals surface area contributed by atoms with Crippen LogP contribution in [0.4, 0.5) is 0 Å². The molecule has 0 fully saturated rings. The molecule has 4 heteroatoms. The van der Waals surface area contributed by atoms with E-state index in [4.69, 9.17) is 21.1 Å². The lowest BCUT2D eigenvalue weighted by Gasteiger charge is -2.27. The van der Waals surface area contributed by atoms with Gasteiger partial charge >= 0.3 is 0 Å². The van der Waals surface area contributed by atoms with Gasteiger partial charge in [-0.2, -0.15) is 0 Å². The predicted octanol–water partition coefficient (Wildman–Crippen LogP) is 3.31.